The normalized spacial score (nSPS) is 21.7. The van der Waals surface area contributed by atoms with Crippen molar-refractivity contribution in [3.05, 3.63) is 0 Å². The summed E-state index contributed by atoms with van der Waals surface area (Å²) in [6, 6.07) is 0. The van der Waals surface area contributed by atoms with Gasteiger partial charge < -0.3 is 0 Å². The summed E-state index contributed by atoms with van der Waals surface area (Å²) in [4.78, 5) is 22.0. The highest BCUT2D eigenvalue weighted by molar-refractivity contribution is 7.98. The van der Waals surface area contributed by atoms with E-state index < -0.39 is 5.91 Å². The van der Waals surface area contributed by atoms with E-state index in [4.69, 9.17) is 0 Å². The number of carbonyl (C=O) groups is 2. The fourth-order valence-electron chi connectivity index (χ4n) is 1.10. The van der Waals surface area contributed by atoms with Crippen molar-refractivity contribution >= 4 is 23.6 Å². The molecule has 3 nitrogen and oxygen atoms in total. The van der Waals surface area contributed by atoms with E-state index >= 15 is 0 Å². The molecule has 1 aliphatic rings. The molecule has 0 aliphatic carbocycles. The molecule has 1 aliphatic heterocycles. The Morgan fingerprint density at radius 1 is 1.08 bits per heavy atom. The van der Waals surface area contributed by atoms with Crippen LogP contribution in [0.2, 0.25) is 0 Å². The maximum Gasteiger partial charge on any atom is 0.297 e. The van der Waals surface area contributed by atoms with Crippen molar-refractivity contribution in [2.24, 2.45) is 0 Å². The number of hydrogen-bond acceptors (Lipinski definition) is 3. The maximum atomic E-state index is 11.0. The van der Waals surface area contributed by atoms with Gasteiger partial charge >= 0.3 is 0 Å². The van der Waals surface area contributed by atoms with Crippen molar-refractivity contribution in [1.29, 1.82) is 0 Å². The van der Waals surface area contributed by atoms with Crippen LogP contribution >= 0.6 is 11.9 Å². The molecule has 1 rings (SSSR count). The molecular formula is C8H13NO2S. The number of rotatable bonds is 0. The van der Waals surface area contributed by atoms with Crippen LogP contribution < -0.4 is 4.72 Å². The summed E-state index contributed by atoms with van der Waals surface area (Å²) < 4.78 is 2.53. The van der Waals surface area contributed by atoms with Gasteiger partial charge in [-0.3, -0.25) is 14.3 Å². The van der Waals surface area contributed by atoms with Crippen LogP contribution in [0.1, 0.15) is 32.1 Å². The van der Waals surface area contributed by atoms with E-state index in [0.29, 0.717) is 6.42 Å². The van der Waals surface area contributed by atoms with Crippen molar-refractivity contribution in [1.82, 2.24) is 4.72 Å². The second kappa shape index (κ2) is 5.19. The first-order valence-electron chi connectivity index (χ1n) is 4.25. The zero-order chi connectivity index (χ0) is 8.81. The summed E-state index contributed by atoms with van der Waals surface area (Å²) in [5.74, 6) is 0.213. The SMILES string of the molecule is O=C1CCCCCCSNC1=O. The number of hydrogen-bond donors (Lipinski definition) is 1. The third-order valence-corrected chi connectivity index (χ3v) is 2.64. The van der Waals surface area contributed by atoms with Gasteiger partial charge in [0.05, 0.1) is 0 Å². The summed E-state index contributed by atoms with van der Waals surface area (Å²) in [5.41, 5.74) is 0. The molecule has 68 valence electrons. The first kappa shape index (κ1) is 9.58. The molecule has 0 spiro atoms. The van der Waals surface area contributed by atoms with Gasteiger partial charge in [0.15, 0.2) is 0 Å². The third kappa shape index (κ3) is 3.26. The molecule has 1 N–H and O–H groups in total. The van der Waals surface area contributed by atoms with E-state index in [1.54, 1.807) is 0 Å². The van der Waals surface area contributed by atoms with Crippen LogP contribution in [-0.4, -0.2) is 17.4 Å². The van der Waals surface area contributed by atoms with E-state index in [0.717, 1.165) is 31.4 Å². The lowest BCUT2D eigenvalue weighted by Gasteiger charge is -2.06. The summed E-state index contributed by atoms with van der Waals surface area (Å²) >= 11 is 1.34. The van der Waals surface area contributed by atoms with Gasteiger partial charge in [-0.25, -0.2) is 0 Å². The molecule has 0 aromatic heterocycles. The molecule has 0 aromatic carbocycles. The van der Waals surface area contributed by atoms with Crippen LogP contribution in [0.4, 0.5) is 0 Å². The highest BCUT2D eigenvalue weighted by Gasteiger charge is 2.13. The van der Waals surface area contributed by atoms with Crippen molar-refractivity contribution in [2.45, 2.75) is 32.1 Å². The minimum Gasteiger partial charge on any atom is -0.293 e. The first-order valence-corrected chi connectivity index (χ1v) is 5.24. The highest BCUT2D eigenvalue weighted by Crippen LogP contribution is 2.09. The van der Waals surface area contributed by atoms with Crippen molar-refractivity contribution in [3.63, 3.8) is 0 Å². The van der Waals surface area contributed by atoms with Gasteiger partial charge in [0, 0.05) is 12.2 Å². The minimum atomic E-state index is -0.429. The Bertz CT molecular complexity index is 162. The van der Waals surface area contributed by atoms with Crippen molar-refractivity contribution in [3.8, 4) is 0 Å². The molecule has 0 atom stereocenters. The topological polar surface area (TPSA) is 46.2 Å². The summed E-state index contributed by atoms with van der Waals surface area (Å²) in [6.45, 7) is 0. The lowest BCUT2D eigenvalue weighted by atomic mass is 10.1. The van der Waals surface area contributed by atoms with Gasteiger partial charge in [-0.1, -0.05) is 24.8 Å². The Morgan fingerprint density at radius 2 is 1.83 bits per heavy atom. The molecule has 0 radical (unpaired) electrons. The predicted octanol–water partition coefficient (Wildman–Crippen LogP) is 1.28. The highest BCUT2D eigenvalue weighted by atomic mass is 32.2. The predicted molar refractivity (Wildman–Crippen MR) is 48.7 cm³/mol. The molecule has 1 fully saturated rings. The lowest BCUT2D eigenvalue weighted by Crippen LogP contribution is -2.26. The Morgan fingerprint density at radius 3 is 2.67 bits per heavy atom. The summed E-state index contributed by atoms with van der Waals surface area (Å²) in [5, 5.41) is 0. The largest absolute Gasteiger partial charge is 0.297 e. The van der Waals surface area contributed by atoms with E-state index in [1.165, 1.54) is 11.9 Å². The van der Waals surface area contributed by atoms with Crippen LogP contribution in [0.3, 0.4) is 0 Å². The quantitative estimate of drug-likeness (QED) is 0.459. The van der Waals surface area contributed by atoms with E-state index in [-0.39, 0.29) is 5.78 Å². The lowest BCUT2D eigenvalue weighted by molar-refractivity contribution is -0.136. The number of ketones is 1. The average molecular weight is 187 g/mol. The van der Waals surface area contributed by atoms with Crippen LogP contribution in [0.15, 0.2) is 0 Å². The molecule has 1 saturated heterocycles. The zero-order valence-electron chi connectivity index (χ0n) is 6.97. The van der Waals surface area contributed by atoms with Gasteiger partial charge in [-0.15, -0.1) is 0 Å². The Kier molecular flexibility index (Phi) is 4.14. The Hall–Kier alpha value is -0.510. The van der Waals surface area contributed by atoms with Gasteiger partial charge in [0.25, 0.3) is 5.91 Å². The molecule has 0 bridgehead atoms. The van der Waals surface area contributed by atoms with E-state index in [1.807, 2.05) is 0 Å². The number of Topliss-reactive ketones (excluding diaryl/α,β-unsaturated/α-hetero) is 1. The Labute approximate surface area is 76.4 Å². The molecule has 0 unspecified atom stereocenters. The number of carbonyl (C=O) groups excluding carboxylic acids is 2. The van der Waals surface area contributed by atoms with E-state index in [2.05, 4.69) is 4.72 Å². The fourth-order valence-corrected chi connectivity index (χ4v) is 1.80. The number of nitrogens with one attached hydrogen (secondary N) is 1. The van der Waals surface area contributed by atoms with Crippen molar-refractivity contribution in [2.75, 3.05) is 5.75 Å². The molecule has 4 heteroatoms. The van der Waals surface area contributed by atoms with Crippen LogP contribution in [-0.2, 0) is 9.59 Å². The second-order valence-electron chi connectivity index (χ2n) is 2.87. The van der Waals surface area contributed by atoms with Crippen LogP contribution in [0.5, 0.6) is 0 Å². The van der Waals surface area contributed by atoms with Crippen LogP contribution in [0.25, 0.3) is 0 Å². The molecule has 0 saturated carbocycles. The van der Waals surface area contributed by atoms with Gasteiger partial charge in [-0.2, -0.15) is 0 Å². The standard InChI is InChI=1S/C8H13NO2S/c10-7-5-3-1-2-4-6-12-9-8(7)11/h1-6H2,(H,9,11). The van der Waals surface area contributed by atoms with Gasteiger partial charge in [-0.05, 0) is 12.8 Å². The number of amides is 1. The molecule has 12 heavy (non-hydrogen) atoms. The second-order valence-corrected chi connectivity index (χ2v) is 3.77. The first-order chi connectivity index (χ1) is 5.80. The van der Waals surface area contributed by atoms with E-state index in [9.17, 15) is 9.59 Å². The fraction of sp³-hybridized carbons (Fsp3) is 0.750. The van der Waals surface area contributed by atoms with Crippen molar-refractivity contribution < 1.29 is 9.59 Å². The Balaban J connectivity index is 2.36. The van der Waals surface area contributed by atoms with Gasteiger partial charge in [0.2, 0.25) is 5.78 Å². The summed E-state index contributed by atoms with van der Waals surface area (Å²) in [6.07, 6.45) is 4.62. The minimum absolute atomic E-state index is 0.274. The molecule has 1 heterocycles. The zero-order valence-corrected chi connectivity index (χ0v) is 7.78. The smallest absolute Gasteiger partial charge is 0.293 e. The third-order valence-electron chi connectivity index (χ3n) is 1.82. The van der Waals surface area contributed by atoms with Gasteiger partial charge in [0.1, 0.15) is 0 Å². The molecule has 1 amide bonds. The van der Waals surface area contributed by atoms with Crippen LogP contribution in [0, 0.1) is 0 Å². The average Bonchev–Trinajstić information content (AvgIpc) is 2.08. The maximum absolute atomic E-state index is 11.0. The monoisotopic (exact) mass is 187 g/mol. The molecular weight excluding hydrogens is 174 g/mol. The summed E-state index contributed by atoms with van der Waals surface area (Å²) in [7, 11) is 0. The molecule has 0 aromatic rings.